The van der Waals surface area contributed by atoms with Crippen LogP contribution in [-0.4, -0.2) is 42.1 Å². The first-order valence-corrected chi connectivity index (χ1v) is 7.89. The Morgan fingerprint density at radius 2 is 2.10 bits per heavy atom. The first-order chi connectivity index (χ1) is 10.1. The highest BCUT2D eigenvalue weighted by atomic mass is 16.5. The largest absolute Gasteiger partial charge is 0.464 e. The average molecular weight is 288 g/mol. The molecule has 1 saturated heterocycles. The molecule has 1 aromatic carbocycles. The molecular weight excluding hydrogens is 264 g/mol. The maximum Gasteiger partial charge on any atom is 0.333 e. The zero-order chi connectivity index (χ0) is 14.9. The third-order valence-corrected chi connectivity index (χ3v) is 4.46. The van der Waals surface area contributed by atoms with Crippen LogP contribution >= 0.6 is 0 Å². The molecule has 1 N–H and O–H groups in total. The molecule has 1 saturated carbocycles. The minimum absolute atomic E-state index is 0.117. The van der Waals surface area contributed by atoms with Crippen LogP contribution in [0.1, 0.15) is 31.7 Å². The van der Waals surface area contributed by atoms with Gasteiger partial charge in [0.25, 0.3) is 0 Å². The van der Waals surface area contributed by atoms with Crippen molar-refractivity contribution in [2.45, 2.75) is 44.7 Å². The molecule has 2 fully saturated rings. The number of hydrogen-bond donors (Lipinski definition) is 1. The van der Waals surface area contributed by atoms with E-state index in [-0.39, 0.29) is 5.97 Å². The Hall–Kier alpha value is -1.55. The minimum Gasteiger partial charge on any atom is -0.464 e. The number of hydrogen-bond acceptors (Lipinski definition) is 4. The van der Waals surface area contributed by atoms with Crippen LogP contribution in [0.2, 0.25) is 0 Å². The molecular formula is C17H24N2O2. The number of rotatable bonds is 5. The molecule has 3 rings (SSSR count). The zero-order valence-electron chi connectivity index (χ0n) is 12.9. The van der Waals surface area contributed by atoms with Crippen molar-refractivity contribution in [1.29, 1.82) is 0 Å². The lowest BCUT2D eigenvalue weighted by Gasteiger charge is -2.29. The summed E-state index contributed by atoms with van der Waals surface area (Å²) >= 11 is 0. The van der Waals surface area contributed by atoms with E-state index in [1.54, 1.807) is 0 Å². The molecule has 4 nitrogen and oxygen atoms in total. The third-order valence-electron chi connectivity index (χ3n) is 4.46. The molecule has 1 aliphatic heterocycles. The van der Waals surface area contributed by atoms with E-state index in [0.717, 1.165) is 25.2 Å². The Labute approximate surface area is 126 Å². The van der Waals surface area contributed by atoms with Crippen LogP contribution in [-0.2, 0) is 9.53 Å². The summed E-state index contributed by atoms with van der Waals surface area (Å²) in [5, 5.41) is 3.46. The van der Waals surface area contributed by atoms with E-state index in [2.05, 4.69) is 29.3 Å². The molecule has 2 aliphatic rings. The molecule has 0 spiro atoms. The molecule has 0 amide bonds. The van der Waals surface area contributed by atoms with Crippen molar-refractivity contribution in [3.05, 3.63) is 29.8 Å². The second kappa shape index (κ2) is 5.68. The van der Waals surface area contributed by atoms with Crippen LogP contribution in [0.5, 0.6) is 0 Å². The van der Waals surface area contributed by atoms with Gasteiger partial charge in [0.05, 0.1) is 6.61 Å². The van der Waals surface area contributed by atoms with Gasteiger partial charge >= 0.3 is 5.97 Å². The van der Waals surface area contributed by atoms with Crippen molar-refractivity contribution in [1.82, 2.24) is 4.90 Å². The van der Waals surface area contributed by atoms with Gasteiger partial charge in [-0.15, -0.1) is 0 Å². The SMILES string of the molecule is CCOC(=O)C1(Nc2ccc(C)cc2)CCN(C2CC2)C1. The summed E-state index contributed by atoms with van der Waals surface area (Å²) in [6.45, 7) is 6.09. The predicted octanol–water partition coefficient (Wildman–Crippen LogP) is 2.58. The van der Waals surface area contributed by atoms with Gasteiger partial charge in [0.1, 0.15) is 5.54 Å². The number of carbonyl (C=O) groups excluding carboxylic acids is 1. The summed E-state index contributed by atoms with van der Waals surface area (Å²) in [7, 11) is 0. The van der Waals surface area contributed by atoms with Crippen LogP contribution in [0.4, 0.5) is 5.69 Å². The van der Waals surface area contributed by atoms with E-state index in [1.165, 1.54) is 18.4 Å². The Kier molecular flexibility index (Phi) is 3.89. The number of anilines is 1. The summed E-state index contributed by atoms with van der Waals surface area (Å²) in [5.74, 6) is -0.117. The van der Waals surface area contributed by atoms with Gasteiger partial charge < -0.3 is 10.1 Å². The van der Waals surface area contributed by atoms with Crippen molar-refractivity contribution >= 4 is 11.7 Å². The Morgan fingerprint density at radius 1 is 1.38 bits per heavy atom. The fraction of sp³-hybridized carbons (Fsp3) is 0.588. The van der Waals surface area contributed by atoms with Gasteiger partial charge in [0, 0.05) is 24.8 Å². The van der Waals surface area contributed by atoms with Gasteiger partial charge in [-0.1, -0.05) is 17.7 Å². The lowest BCUT2D eigenvalue weighted by molar-refractivity contribution is -0.148. The van der Waals surface area contributed by atoms with E-state index in [0.29, 0.717) is 12.6 Å². The molecule has 1 heterocycles. The van der Waals surface area contributed by atoms with E-state index in [1.807, 2.05) is 19.1 Å². The van der Waals surface area contributed by atoms with E-state index >= 15 is 0 Å². The second-order valence-corrected chi connectivity index (χ2v) is 6.25. The molecule has 1 unspecified atom stereocenters. The van der Waals surface area contributed by atoms with Gasteiger partial charge in [0.2, 0.25) is 0 Å². The summed E-state index contributed by atoms with van der Waals surface area (Å²) in [6, 6.07) is 8.89. The van der Waals surface area contributed by atoms with Gasteiger partial charge in [-0.2, -0.15) is 0 Å². The van der Waals surface area contributed by atoms with E-state index in [9.17, 15) is 4.79 Å². The van der Waals surface area contributed by atoms with Gasteiger partial charge in [-0.25, -0.2) is 4.79 Å². The summed E-state index contributed by atoms with van der Waals surface area (Å²) in [4.78, 5) is 14.9. The topological polar surface area (TPSA) is 41.6 Å². The second-order valence-electron chi connectivity index (χ2n) is 6.25. The molecule has 21 heavy (non-hydrogen) atoms. The number of benzene rings is 1. The van der Waals surface area contributed by atoms with Crippen molar-refractivity contribution in [3.63, 3.8) is 0 Å². The molecule has 1 aliphatic carbocycles. The van der Waals surface area contributed by atoms with Crippen LogP contribution in [0, 0.1) is 6.92 Å². The summed E-state index contributed by atoms with van der Waals surface area (Å²) in [5.41, 5.74) is 1.62. The maximum atomic E-state index is 12.5. The number of nitrogens with one attached hydrogen (secondary N) is 1. The highest BCUT2D eigenvalue weighted by molar-refractivity contribution is 5.85. The van der Waals surface area contributed by atoms with Crippen molar-refractivity contribution in [3.8, 4) is 0 Å². The van der Waals surface area contributed by atoms with Gasteiger partial charge in [-0.05, 0) is 45.2 Å². The Bertz CT molecular complexity index is 510. The lowest BCUT2D eigenvalue weighted by atomic mass is 9.98. The number of ether oxygens (including phenoxy) is 1. The van der Waals surface area contributed by atoms with Crippen molar-refractivity contribution < 1.29 is 9.53 Å². The molecule has 114 valence electrons. The zero-order valence-corrected chi connectivity index (χ0v) is 12.9. The lowest BCUT2D eigenvalue weighted by Crippen LogP contribution is -2.50. The van der Waals surface area contributed by atoms with Crippen LogP contribution < -0.4 is 5.32 Å². The highest BCUT2D eigenvalue weighted by Gasteiger charge is 2.49. The van der Waals surface area contributed by atoms with Crippen LogP contribution in [0.15, 0.2) is 24.3 Å². The Morgan fingerprint density at radius 3 is 2.71 bits per heavy atom. The average Bonchev–Trinajstić information content (AvgIpc) is 3.23. The molecule has 0 aromatic heterocycles. The van der Waals surface area contributed by atoms with Crippen molar-refractivity contribution in [2.75, 3.05) is 25.0 Å². The first-order valence-electron chi connectivity index (χ1n) is 7.89. The van der Waals surface area contributed by atoms with Crippen molar-refractivity contribution in [2.24, 2.45) is 0 Å². The van der Waals surface area contributed by atoms with Gasteiger partial charge in [-0.3, -0.25) is 4.90 Å². The molecule has 0 bridgehead atoms. The first kappa shape index (κ1) is 14.4. The fourth-order valence-electron chi connectivity index (χ4n) is 3.09. The molecule has 4 heteroatoms. The fourth-order valence-corrected chi connectivity index (χ4v) is 3.09. The van der Waals surface area contributed by atoms with E-state index in [4.69, 9.17) is 4.74 Å². The summed E-state index contributed by atoms with van der Waals surface area (Å²) < 4.78 is 5.35. The van der Waals surface area contributed by atoms with Gasteiger partial charge in [0.15, 0.2) is 0 Å². The highest BCUT2D eigenvalue weighted by Crippen LogP contribution is 2.35. The minimum atomic E-state index is -0.589. The molecule has 1 atom stereocenters. The molecule has 0 radical (unpaired) electrons. The Balaban J connectivity index is 1.78. The number of aryl methyl sites for hydroxylation is 1. The quantitative estimate of drug-likeness (QED) is 0.846. The number of carbonyl (C=O) groups is 1. The van der Waals surface area contributed by atoms with E-state index < -0.39 is 5.54 Å². The van der Waals surface area contributed by atoms with Crippen LogP contribution in [0.3, 0.4) is 0 Å². The number of likely N-dealkylation sites (tertiary alicyclic amines) is 1. The summed E-state index contributed by atoms with van der Waals surface area (Å²) in [6.07, 6.45) is 3.35. The standard InChI is InChI=1S/C17H24N2O2/c1-3-21-16(20)17(10-11-19(12-17)15-8-9-15)18-14-6-4-13(2)5-7-14/h4-7,15,18H,3,8-12H2,1-2H3. The third kappa shape index (κ3) is 3.05. The normalized spacial score (nSPS) is 25.8. The predicted molar refractivity (Wildman–Crippen MR) is 83.4 cm³/mol. The smallest absolute Gasteiger partial charge is 0.333 e. The molecule has 1 aromatic rings. The monoisotopic (exact) mass is 288 g/mol. The number of esters is 1. The maximum absolute atomic E-state index is 12.5. The van der Waals surface area contributed by atoms with Crippen LogP contribution in [0.25, 0.3) is 0 Å². The number of nitrogens with zero attached hydrogens (tertiary/aromatic N) is 1.